The third kappa shape index (κ3) is 4.35. The standard InChI is InChI=1S/C45H29N3O/c1-2-10-30(11-3-1)31-18-21-33(22-19-31)47(41-28-29-46-44-38-15-7-9-17-42(38)49-45(41)44)34-23-25-35(26-24-34)48-39-16-8-6-14-37(39)43-36-13-5-4-12-32(36)20-27-40(43)48/h1-29H. The average Bonchev–Trinajstić information content (AvgIpc) is 3.73. The molecule has 0 amide bonds. The van der Waals surface area contributed by atoms with Crippen LogP contribution in [0.3, 0.4) is 0 Å². The van der Waals surface area contributed by atoms with Crippen LogP contribution < -0.4 is 4.90 Å². The maximum absolute atomic E-state index is 6.51. The van der Waals surface area contributed by atoms with Crippen LogP contribution in [0.1, 0.15) is 0 Å². The summed E-state index contributed by atoms with van der Waals surface area (Å²) < 4.78 is 8.89. The van der Waals surface area contributed by atoms with Crippen LogP contribution in [0.25, 0.3) is 71.5 Å². The van der Waals surface area contributed by atoms with Gasteiger partial charge in [-0.25, -0.2) is 0 Å². The average molecular weight is 628 g/mol. The molecule has 0 aliphatic rings. The fraction of sp³-hybridized carbons (Fsp3) is 0. The number of hydrogen-bond acceptors (Lipinski definition) is 3. The minimum Gasteiger partial charge on any atom is -0.452 e. The second-order valence-electron chi connectivity index (χ2n) is 12.4. The van der Waals surface area contributed by atoms with Gasteiger partial charge in [-0.15, -0.1) is 0 Å². The number of anilines is 3. The molecule has 0 atom stereocenters. The van der Waals surface area contributed by atoms with Crippen molar-refractivity contribution in [2.75, 3.05) is 4.90 Å². The predicted molar refractivity (Wildman–Crippen MR) is 203 cm³/mol. The van der Waals surface area contributed by atoms with E-state index < -0.39 is 0 Å². The second-order valence-corrected chi connectivity index (χ2v) is 12.4. The number of furan rings is 1. The van der Waals surface area contributed by atoms with E-state index in [1.165, 1.54) is 43.7 Å². The molecule has 3 aromatic heterocycles. The predicted octanol–water partition coefficient (Wildman–Crippen LogP) is 12.4. The fourth-order valence-electron chi connectivity index (χ4n) is 7.40. The minimum absolute atomic E-state index is 0.759. The highest BCUT2D eigenvalue weighted by atomic mass is 16.3. The maximum Gasteiger partial charge on any atom is 0.177 e. The number of rotatable bonds is 5. The van der Waals surface area contributed by atoms with E-state index in [1.54, 1.807) is 0 Å². The lowest BCUT2D eigenvalue weighted by molar-refractivity contribution is 0.668. The molecule has 0 spiro atoms. The molecule has 0 unspecified atom stereocenters. The zero-order valence-corrected chi connectivity index (χ0v) is 26.5. The largest absolute Gasteiger partial charge is 0.452 e. The molecule has 10 aromatic rings. The molecule has 0 radical (unpaired) electrons. The van der Waals surface area contributed by atoms with Crippen molar-refractivity contribution in [1.29, 1.82) is 0 Å². The van der Waals surface area contributed by atoms with Gasteiger partial charge in [0.1, 0.15) is 11.1 Å². The van der Waals surface area contributed by atoms with Crippen LogP contribution in [-0.4, -0.2) is 9.55 Å². The molecule has 0 N–H and O–H groups in total. The highest BCUT2D eigenvalue weighted by Crippen LogP contribution is 2.43. The first kappa shape index (κ1) is 27.5. The van der Waals surface area contributed by atoms with Crippen molar-refractivity contribution in [3.63, 3.8) is 0 Å². The Balaban J connectivity index is 1.15. The van der Waals surface area contributed by atoms with E-state index in [4.69, 9.17) is 9.40 Å². The van der Waals surface area contributed by atoms with E-state index in [2.05, 4.69) is 149 Å². The van der Waals surface area contributed by atoms with Gasteiger partial charge in [-0.1, -0.05) is 103 Å². The van der Waals surface area contributed by atoms with Crippen molar-refractivity contribution in [1.82, 2.24) is 9.55 Å². The Hall–Kier alpha value is -6.65. The van der Waals surface area contributed by atoms with Gasteiger partial charge >= 0.3 is 0 Å². The molecular weight excluding hydrogens is 599 g/mol. The van der Waals surface area contributed by atoms with Crippen LogP contribution in [0.15, 0.2) is 180 Å². The molecule has 7 aromatic carbocycles. The lowest BCUT2D eigenvalue weighted by atomic mass is 10.0. The first-order chi connectivity index (χ1) is 24.3. The van der Waals surface area contributed by atoms with Gasteiger partial charge in [0.25, 0.3) is 0 Å². The summed E-state index contributed by atoms with van der Waals surface area (Å²) in [6, 6.07) is 60.1. The molecule has 0 bridgehead atoms. The molecule has 4 nitrogen and oxygen atoms in total. The zero-order chi connectivity index (χ0) is 32.3. The zero-order valence-electron chi connectivity index (χ0n) is 26.5. The van der Waals surface area contributed by atoms with Crippen molar-refractivity contribution in [2.24, 2.45) is 0 Å². The molecule has 10 rings (SSSR count). The van der Waals surface area contributed by atoms with Crippen LogP contribution in [0, 0.1) is 0 Å². The monoisotopic (exact) mass is 627 g/mol. The summed E-state index contributed by atoms with van der Waals surface area (Å²) in [6.07, 6.45) is 1.88. The van der Waals surface area contributed by atoms with Crippen molar-refractivity contribution in [2.45, 2.75) is 0 Å². The number of benzene rings is 7. The Kier molecular flexibility index (Phi) is 6.15. The lowest BCUT2D eigenvalue weighted by Gasteiger charge is -2.26. The van der Waals surface area contributed by atoms with Crippen molar-refractivity contribution in [3.8, 4) is 16.8 Å². The van der Waals surface area contributed by atoms with Crippen molar-refractivity contribution >= 4 is 71.7 Å². The molecule has 0 aliphatic heterocycles. The normalized spacial score (nSPS) is 11.7. The maximum atomic E-state index is 6.51. The van der Waals surface area contributed by atoms with Crippen LogP contribution >= 0.6 is 0 Å². The summed E-state index contributed by atoms with van der Waals surface area (Å²) in [5.41, 5.74) is 11.3. The van der Waals surface area contributed by atoms with Crippen molar-refractivity contribution < 1.29 is 4.42 Å². The van der Waals surface area contributed by atoms with Crippen LogP contribution in [0.4, 0.5) is 17.1 Å². The van der Waals surface area contributed by atoms with Gasteiger partial charge in [-0.3, -0.25) is 4.98 Å². The van der Waals surface area contributed by atoms with Gasteiger partial charge < -0.3 is 13.9 Å². The smallest absolute Gasteiger partial charge is 0.177 e. The highest BCUT2D eigenvalue weighted by Gasteiger charge is 2.21. The molecule has 230 valence electrons. The molecule has 0 saturated heterocycles. The number of pyridine rings is 1. The molecule has 49 heavy (non-hydrogen) atoms. The number of nitrogens with zero attached hydrogens (tertiary/aromatic N) is 3. The topological polar surface area (TPSA) is 34.2 Å². The van der Waals surface area contributed by atoms with Crippen LogP contribution in [-0.2, 0) is 0 Å². The molecular formula is C45H29N3O. The third-order valence-electron chi connectivity index (χ3n) is 9.64. The van der Waals surface area contributed by atoms with Crippen LogP contribution in [0.5, 0.6) is 0 Å². The Morgan fingerprint density at radius 3 is 1.96 bits per heavy atom. The quantitative estimate of drug-likeness (QED) is 0.190. The molecule has 4 heteroatoms. The van der Waals surface area contributed by atoms with E-state index in [9.17, 15) is 0 Å². The van der Waals surface area contributed by atoms with E-state index >= 15 is 0 Å². The van der Waals surface area contributed by atoms with Gasteiger partial charge in [-0.05, 0) is 88.6 Å². The van der Waals surface area contributed by atoms with Gasteiger partial charge in [0.15, 0.2) is 5.58 Å². The first-order valence-corrected chi connectivity index (χ1v) is 16.5. The fourth-order valence-corrected chi connectivity index (χ4v) is 7.40. The Bertz CT molecular complexity index is 2810. The van der Waals surface area contributed by atoms with Gasteiger partial charge in [0, 0.05) is 39.4 Å². The summed E-state index contributed by atoms with van der Waals surface area (Å²) in [6.45, 7) is 0. The number of hydrogen-bond donors (Lipinski definition) is 0. The van der Waals surface area contributed by atoms with E-state index in [0.717, 1.165) is 44.8 Å². The summed E-state index contributed by atoms with van der Waals surface area (Å²) in [5.74, 6) is 0. The van der Waals surface area contributed by atoms with Gasteiger partial charge in [-0.2, -0.15) is 0 Å². The summed E-state index contributed by atoms with van der Waals surface area (Å²) >= 11 is 0. The number of aromatic nitrogens is 2. The highest BCUT2D eigenvalue weighted by molar-refractivity contribution is 6.21. The SMILES string of the molecule is c1ccc(-c2ccc(N(c3ccc(-n4c5ccccc5c5c6ccccc6ccc54)cc3)c3ccnc4c3oc3ccccc34)cc2)cc1. The van der Waals surface area contributed by atoms with Crippen LogP contribution in [0.2, 0.25) is 0 Å². The minimum atomic E-state index is 0.759. The van der Waals surface area contributed by atoms with E-state index in [1.807, 2.05) is 36.5 Å². The Morgan fingerprint density at radius 1 is 0.490 bits per heavy atom. The summed E-state index contributed by atoms with van der Waals surface area (Å²) in [4.78, 5) is 7.03. The first-order valence-electron chi connectivity index (χ1n) is 16.5. The lowest BCUT2D eigenvalue weighted by Crippen LogP contribution is -2.10. The Morgan fingerprint density at radius 2 is 1.14 bits per heavy atom. The third-order valence-corrected chi connectivity index (χ3v) is 9.64. The van der Waals surface area contributed by atoms with Gasteiger partial charge in [0.05, 0.1) is 16.7 Å². The second kappa shape index (κ2) is 11.0. The number of fused-ring (bicyclic) bond motifs is 8. The van der Waals surface area contributed by atoms with Gasteiger partial charge in [0.2, 0.25) is 0 Å². The number of para-hydroxylation sites is 2. The molecule has 0 saturated carbocycles. The summed E-state index contributed by atoms with van der Waals surface area (Å²) in [5, 5.41) is 6.05. The van der Waals surface area contributed by atoms with Crippen molar-refractivity contribution in [3.05, 3.63) is 176 Å². The molecule has 3 heterocycles. The van der Waals surface area contributed by atoms with E-state index in [0.29, 0.717) is 0 Å². The summed E-state index contributed by atoms with van der Waals surface area (Å²) in [7, 11) is 0. The Labute approximate surface area is 282 Å². The molecule has 0 fully saturated rings. The van der Waals surface area contributed by atoms with E-state index in [-0.39, 0.29) is 0 Å². The molecule has 0 aliphatic carbocycles.